The summed E-state index contributed by atoms with van der Waals surface area (Å²) in [5.41, 5.74) is 1.82. The molecule has 0 fully saturated rings. The summed E-state index contributed by atoms with van der Waals surface area (Å²) in [6.45, 7) is 8.53. The molecule has 4 unspecified atom stereocenters. The summed E-state index contributed by atoms with van der Waals surface area (Å²) in [6.07, 6.45) is 18.7. The highest BCUT2D eigenvalue weighted by atomic mass is 19.1. The molecule has 1 aliphatic heterocycles. The Kier molecular flexibility index (Phi) is 12.3. The van der Waals surface area contributed by atoms with Gasteiger partial charge in [0.1, 0.15) is 5.75 Å². The first-order valence-corrected chi connectivity index (χ1v) is 15.6. The standard InChI is InChI=1S/C35H45FN4O4/c1-5-40-21-9-11-24(2)10-6-7-12-25(3)31(40)23-38-34(41)35(42)39-26-15-18-33(29(36)22-26)44-32-19-20-37-30-14-8-13-27(43-4)16-17-28(30)32/h6-7,10,12,15-20,22,24-25,27,31H,5,8-9,11,13-14,21,23H2,1-4H3,(H,38,41)(H,39,42)/b10-6-,12-7-,17-16-. The van der Waals surface area contributed by atoms with Gasteiger partial charge in [-0.2, -0.15) is 0 Å². The zero-order valence-electron chi connectivity index (χ0n) is 26.2. The topological polar surface area (TPSA) is 92.8 Å². The number of nitrogens with one attached hydrogen (secondary N) is 2. The lowest BCUT2D eigenvalue weighted by atomic mass is 9.99. The van der Waals surface area contributed by atoms with Gasteiger partial charge in [0.15, 0.2) is 11.6 Å². The maximum absolute atomic E-state index is 15.1. The number of aromatic nitrogens is 1. The molecule has 1 aromatic carbocycles. The summed E-state index contributed by atoms with van der Waals surface area (Å²) >= 11 is 0. The Bertz CT molecular complexity index is 1370. The number of nitrogens with zero attached hydrogens (tertiary/aromatic N) is 2. The van der Waals surface area contributed by atoms with E-state index in [2.05, 4.69) is 65.6 Å². The maximum atomic E-state index is 15.1. The summed E-state index contributed by atoms with van der Waals surface area (Å²) in [6, 6.07) is 5.82. The number of carbonyl (C=O) groups excluding carboxylic acids is 2. The Morgan fingerprint density at radius 2 is 1.86 bits per heavy atom. The van der Waals surface area contributed by atoms with Crippen LogP contribution in [0.5, 0.6) is 11.5 Å². The van der Waals surface area contributed by atoms with Crippen LogP contribution in [0.4, 0.5) is 10.1 Å². The molecule has 236 valence electrons. The molecule has 9 heteroatoms. The molecule has 2 aliphatic rings. The first-order chi connectivity index (χ1) is 21.3. The Hall–Kier alpha value is -3.82. The van der Waals surface area contributed by atoms with E-state index in [1.807, 2.05) is 12.2 Å². The van der Waals surface area contributed by atoms with Gasteiger partial charge >= 0.3 is 11.8 Å². The number of pyridine rings is 1. The molecule has 2 aromatic rings. The number of allylic oxidation sites excluding steroid dienone is 3. The van der Waals surface area contributed by atoms with E-state index in [1.54, 1.807) is 19.4 Å². The van der Waals surface area contributed by atoms with E-state index in [4.69, 9.17) is 9.47 Å². The minimum absolute atomic E-state index is 0.00246. The van der Waals surface area contributed by atoms with Crippen molar-refractivity contribution in [2.75, 3.05) is 32.1 Å². The number of rotatable bonds is 7. The van der Waals surface area contributed by atoms with Crippen molar-refractivity contribution in [2.24, 2.45) is 11.8 Å². The number of hydrogen-bond donors (Lipinski definition) is 2. The van der Waals surface area contributed by atoms with Gasteiger partial charge in [-0.1, -0.05) is 57.2 Å². The Balaban J connectivity index is 1.38. The fraction of sp³-hybridized carbons (Fsp3) is 0.457. The van der Waals surface area contributed by atoms with Crippen molar-refractivity contribution in [2.45, 2.75) is 65.0 Å². The number of methoxy groups -OCH3 is 1. The van der Waals surface area contributed by atoms with Crippen molar-refractivity contribution in [1.82, 2.24) is 15.2 Å². The van der Waals surface area contributed by atoms with E-state index in [0.717, 1.165) is 62.5 Å². The van der Waals surface area contributed by atoms with Crippen LogP contribution in [-0.2, 0) is 20.7 Å². The van der Waals surface area contributed by atoms with Crippen molar-refractivity contribution < 1.29 is 23.5 Å². The smallest absolute Gasteiger partial charge is 0.313 e. The highest BCUT2D eigenvalue weighted by Gasteiger charge is 2.25. The molecule has 2 amide bonds. The molecule has 0 saturated carbocycles. The van der Waals surface area contributed by atoms with Gasteiger partial charge in [0, 0.05) is 43.2 Å². The van der Waals surface area contributed by atoms with Gasteiger partial charge in [-0.3, -0.25) is 19.5 Å². The molecular formula is C35H45FN4O4. The lowest BCUT2D eigenvalue weighted by Gasteiger charge is -2.34. The van der Waals surface area contributed by atoms with E-state index in [1.165, 1.54) is 12.1 Å². The van der Waals surface area contributed by atoms with Crippen molar-refractivity contribution in [1.29, 1.82) is 0 Å². The molecule has 44 heavy (non-hydrogen) atoms. The number of amides is 2. The average Bonchev–Trinajstić information content (AvgIpc) is 3.02. The fourth-order valence-corrected chi connectivity index (χ4v) is 5.72. The summed E-state index contributed by atoms with van der Waals surface area (Å²) in [7, 11) is 1.68. The van der Waals surface area contributed by atoms with Gasteiger partial charge in [0.05, 0.1) is 11.8 Å². The molecule has 2 heterocycles. The Morgan fingerprint density at radius 1 is 1.05 bits per heavy atom. The van der Waals surface area contributed by atoms with Crippen LogP contribution in [0.2, 0.25) is 0 Å². The van der Waals surface area contributed by atoms with E-state index in [0.29, 0.717) is 18.2 Å². The molecule has 0 radical (unpaired) electrons. The van der Waals surface area contributed by atoms with Gasteiger partial charge in [0.2, 0.25) is 0 Å². The highest BCUT2D eigenvalue weighted by molar-refractivity contribution is 6.39. The van der Waals surface area contributed by atoms with E-state index >= 15 is 4.39 Å². The average molecular weight is 605 g/mol. The van der Waals surface area contributed by atoms with Crippen LogP contribution in [-0.4, -0.2) is 60.6 Å². The first-order valence-electron chi connectivity index (χ1n) is 15.6. The molecular weight excluding hydrogens is 559 g/mol. The Labute approximate surface area is 260 Å². The number of hydrogen-bond acceptors (Lipinski definition) is 6. The number of carbonyl (C=O) groups is 2. The van der Waals surface area contributed by atoms with Crippen molar-refractivity contribution in [3.8, 4) is 11.5 Å². The van der Waals surface area contributed by atoms with Crippen LogP contribution in [0, 0.1) is 17.7 Å². The highest BCUT2D eigenvalue weighted by Crippen LogP contribution is 2.32. The molecule has 0 bridgehead atoms. The largest absolute Gasteiger partial charge is 0.454 e. The minimum atomic E-state index is -0.855. The lowest BCUT2D eigenvalue weighted by Crippen LogP contribution is -2.49. The van der Waals surface area contributed by atoms with E-state index < -0.39 is 17.6 Å². The van der Waals surface area contributed by atoms with Crippen LogP contribution in [0.25, 0.3) is 6.08 Å². The minimum Gasteiger partial charge on any atom is -0.454 e. The van der Waals surface area contributed by atoms with Crippen LogP contribution in [0.15, 0.2) is 60.8 Å². The molecule has 2 N–H and O–H groups in total. The number of halogens is 1. The van der Waals surface area contributed by atoms with Crippen LogP contribution in [0.3, 0.4) is 0 Å². The molecule has 1 aliphatic carbocycles. The normalized spacial score (nSPS) is 24.8. The van der Waals surface area contributed by atoms with Gasteiger partial charge in [-0.25, -0.2) is 4.39 Å². The summed E-state index contributed by atoms with van der Waals surface area (Å²) in [4.78, 5) is 32.4. The van der Waals surface area contributed by atoms with Crippen LogP contribution in [0.1, 0.15) is 57.7 Å². The zero-order valence-corrected chi connectivity index (χ0v) is 26.2. The predicted octanol–water partition coefficient (Wildman–Crippen LogP) is 6.30. The Morgan fingerprint density at radius 3 is 2.64 bits per heavy atom. The molecule has 4 atom stereocenters. The molecule has 0 saturated heterocycles. The van der Waals surface area contributed by atoms with Gasteiger partial charge in [-0.15, -0.1) is 0 Å². The third-order valence-electron chi connectivity index (χ3n) is 8.36. The van der Waals surface area contributed by atoms with E-state index in [-0.39, 0.29) is 29.5 Å². The van der Waals surface area contributed by atoms with E-state index in [9.17, 15) is 9.59 Å². The van der Waals surface area contributed by atoms with Crippen molar-refractivity contribution in [3.63, 3.8) is 0 Å². The van der Waals surface area contributed by atoms with Crippen LogP contribution >= 0.6 is 0 Å². The lowest BCUT2D eigenvalue weighted by molar-refractivity contribution is -0.136. The SMILES string of the molecule is CCN1CCCC(C)/C=C\C=C/C(C)C1CNC(=O)C(=O)Nc1ccc(Oc2ccnc3c2/C=C\C(OC)CCC3)c(F)c1. The predicted molar refractivity (Wildman–Crippen MR) is 172 cm³/mol. The number of fused-ring (bicyclic) bond motifs is 1. The second-order valence-corrected chi connectivity index (χ2v) is 11.6. The number of benzene rings is 1. The third kappa shape index (κ3) is 9.09. The van der Waals surface area contributed by atoms with Crippen molar-refractivity contribution >= 4 is 23.6 Å². The maximum Gasteiger partial charge on any atom is 0.313 e. The molecule has 8 nitrogen and oxygen atoms in total. The molecule has 0 spiro atoms. The number of ether oxygens (including phenoxy) is 2. The molecule has 1 aromatic heterocycles. The second kappa shape index (κ2) is 16.3. The third-order valence-corrected chi connectivity index (χ3v) is 8.36. The van der Waals surface area contributed by atoms with Gasteiger partial charge in [-0.05, 0) is 75.2 Å². The summed E-state index contributed by atoms with van der Waals surface area (Å²) in [5.74, 6) is -1.14. The van der Waals surface area contributed by atoms with Gasteiger partial charge < -0.3 is 20.1 Å². The van der Waals surface area contributed by atoms with Gasteiger partial charge in [0.25, 0.3) is 0 Å². The second-order valence-electron chi connectivity index (χ2n) is 11.6. The first kappa shape index (κ1) is 33.1. The molecule has 4 rings (SSSR count). The summed E-state index contributed by atoms with van der Waals surface area (Å²) < 4.78 is 26.6. The fourth-order valence-electron chi connectivity index (χ4n) is 5.72. The monoisotopic (exact) mass is 604 g/mol. The van der Waals surface area contributed by atoms with Crippen molar-refractivity contribution in [3.05, 3.63) is 77.9 Å². The summed E-state index contributed by atoms with van der Waals surface area (Å²) in [5, 5.41) is 5.31. The number of anilines is 1. The quantitative estimate of drug-likeness (QED) is 0.361. The zero-order chi connectivity index (χ0) is 31.5. The van der Waals surface area contributed by atoms with Crippen LogP contribution < -0.4 is 15.4 Å². The number of aryl methyl sites for hydroxylation is 1. The number of likely N-dealkylation sites (N-methyl/N-ethyl adjacent to an activating group) is 1.